The van der Waals surface area contributed by atoms with Crippen LogP contribution in [0.5, 0.6) is 0 Å². The van der Waals surface area contributed by atoms with Gasteiger partial charge in [0.15, 0.2) is 0 Å². The van der Waals surface area contributed by atoms with Crippen LogP contribution in [0.4, 0.5) is 0 Å². The lowest BCUT2D eigenvalue weighted by Crippen LogP contribution is -2.17. The van der Waals surface area contributed by atoms with Crippen molar-refractivity contribution in [3.05, 3.63) is 35.4 Å². The summed E-state index contributed by atoms with van der Waals surface area (Å²) in [6.07, 6.45) is 3.50. The number of hydrogen-bond acceptors (Lipinski definition) is 0. The van der Waals surface area contributed by atoms with E-state index in [0.717, 1.165) is 12.8 Å². The zero-order chi connectivity index (χ0) is 11.8. The van der Waals surface area contributed by atoms with E-state index in [1.807, 2.05) is 0 Å². The molecule has 0 amide bonds. The number of rotatable bonds is 2. The summed E-state index contributed by atoms with van der Waals surface area (Å²) in [5, 5.41) is 0.370. The van der Waals surface area contributed by atoms with E-state index in [1.54, 1.807) is 0 Å². The Morgan fingerprint density at radius 1 is 1.25 bits per heavy atom. The summed E-state index contributed by atoms with van der Waals surface area (Å²) in [4.78, 5) is 0. The fourth-order valence-corrected chi connectivity index (χ4v) is 3.15. The Labute approximate surface area is 104 Å². The van der Waals surface area contributed by atoms with Gasteiger partial charge in [0.05, 0.1) is 0 Å². The van der Waals surface area contributed by atoms with Gasteiger partial charge in [-0.2, -0.15) is 0 Å². The summed E-state index contributed by atoms with van der Waals surface area (Å²) in [5.41, 5.74) is 3.19. The summed E-state index contributed by atoms with van der Waals surface area (Å²) in [6.45, 7) is 6.82. The Balaban J connectivity index is 2.21. The summed E-state index contributed by atoms with van der Waals surface area (Å²) in [6, 6.07) is 9.13. The molecule has 0 heterocycles. The zero-order valence-electron chi connectivity index (χ0n) is 10.5. The first-order valence-electron chi connectivity index (χ1n) is 6.26. The molecule has 1 fully saturated rings. The molecule has 0 N–H and O–H groups in total. The van der Waals surface area contributed by atoms with Crippen LogP contribution in [0.3, 0.4) is 0 Å². The Kier molecular flexibility index (Phi) is 3.30. The van der Waals surface area contributed by atoms with E-state index in [9.17, 15) is 0 Å². The summed E-state index contributed by atoms with van der Waals surface area (Å²) < 4.78 is 0. The lowest BCUT2D eigenvalue weighted by Gasteiger charge is -2.24. The molecule has 0 spiro atoms. The first-order chi connectivity index (χ1) is 7.51. The molecule has 1 aromatic rings. The predicted molar refractivity (Wildman–Crippen MR) is 71.4 cm³/mol. The average molecular weight is 237 g/mol. The first kappa shape index (κ1) is 12.0. The minimum absolute atomic E-state index is 0.307. The maximum atomic E-state index is 6.23. The zero-order valence-corrected chi connectivity index (χ0v) is 11.2. The lowest BCUT2D eigenvalue weighted by molar-refractivity contribution is 0.492. The van der Waals surface area contributed by atoms with Crippen LogP contribution in [0.15, 0.2) is 24.3 Å². The standard InChI is InChI=1S/C15H21Cl/c1-11(2)12-4-6-13(7-5-12)15(3)9-8-14(16)10-15/h4-7,11,14H,8-10H2,1-3H3. The van der Waals surface area contributed by atoms with Crippen molar-refractivity contribution < 1.29 is 0 Å². The smallest absolute Gasteiger partial charge is 0.0344 e. The highest BCUT2D eigenvalue weighted by atomic mass is 35.5. The van der Waals surface area contributed by atoms with Gasteiger partial charge in [-0.1, -0.05) is 45.0 Å². The van der Waals surface area contributed by atoms with Crippen LogP contribution in [0, 0.1) is 0 Å². The second kappa shape index (κ2) is 4.41. The van der Waals surface area contributed by atoms with E-state index in [4.69, 9.17) is 11.6 Å². The predicted octanol–water partition coefficient (Wildman–Crippen LogP) is 4.86. The maximum absolute atomic E-state index is 6.23. The van der Waals surface area contributed by atoms with E-state index in [1.165, 1.54) is 17.5 Å². The van der Waals surface area contributed by atoms with Crippen molar-refractivity contribution in [1.82, 2.24) is 0 Å². The third-order valence-corrected chi connectivity index (χ3v) is 4.33. The highest BCUT2D eigenvalue weighted by Crippen LogP contribution is 2.42. The normalized spacial score (nSPS) is 29.9. The SMILES string of the molecule is CC(C)c1ccc(C2(C)CCC(Cl)C2)cc1. The van der Waals surface area contributed by atoms with Gasteiger partial charge in [-0.15, -0.1) is 11.6 Å². The van der Waals surface area contributed by atoms with E-state index in [2.05, 4.69) is 45.0 Å². The van der Waals surface area contributed by atoms with Crippen LogP contribution < -0.4 is 0 Å². The number of hydrogen-bond donors (Lipinski definition) is 0. The van der Waals surface area contributed by atoms with Gasteiger partial charge in [0.2, 0.25) is 0 Å². The van der Waals surface area contributed by atoms with Crippen molar-refractivity contribution in [3.8, 4) is 0 Å². The van der Waals surface area contributed by atoms with Crippen LogP contribution >= 0.6 is 11.6 Å². The number of alkyl halides is 1. The molecule has 2 atom stereocenters. The van der Waals surface area contributed by atoms with Gasteiger partial charge >= 0.3 is 0 Å². The molecule has 0 nitrogen and oxygen atoms in total. The van der Waals surface area contributed by atoms with E-state index in [0.29, 0.717) is 16.7 Å². The van der Waals surface area contributed by atoms with Gasteiger partial charge in [0, 0.05) is 5.38 Å². The molecule has 1 saturated carbocycles. The van der Waals surface area contributed by atoms with E-state index < -0.39 is 0 Å². The minimum atomic E-state index is 0.307. The second-order valence-corrected chi connectivity index (χ2v) is 6.29. The Bertz CT molecular complexity index is 352. The molecule has 1 aliphatic carbocycles. The van der Waals surface area contributed by atoms with Gasteiger partial charge in [-0.25, -0.2) is 0 Å². The van der Waals surface area contributed by atoms with Crippen molar-refractivity contribution in [2.24, 2.45) is 0 Å². The fourth-order valence-electron chi connectivity index (χ4n) is 2.70. The van der Waals surface area contributed by atoms with Gasteiger partial charge in [-0.05, 0) is 41.7 Å². The number of halogens is 1. The lowest BCUT2D eigenvalue weighted by atomic mass is 9.80. The Morgan fingerprint density at radius 3 is 2.31 bits per heavy atom. The Morgan fingerprint density at radius 2 is 1.88 bits per heavy atom. The highest BCUT2D eigenvalue weighted by molar-refractivity contribution is 6.20. The van der Waals surface area contributed by atoms with Crippen LogP contribution in [-0.2, 0) is 5.41 Å². The van der Waals surface area contributed by atoms with E-state index in [-0.39, 0.29) is 0 Å². The second-order valence-electron chi connectivity index (χ2n) is 5.68. The topological polar surface area (TPSA) is 0 Å². The first-order valence-corrected chi connectivity index (χ1v) is 6.69. The third kappa shape index (κ3) is 2.27. The van der Waals surface area contributed by atoms with E-state index >= 15 is 0 Å². The molecule has 1 aromatic carbocycles. The quantitative estimate of drug-likeness (QED) is 0.644. The Hall–Kier alpha value is -0.490. The molecule has 0 aromatic heterocycles. The van der Waals surface area contributed by atoms with Crippen LogP contribution in [-0.4, -0.2) is 5.38 Å². The van der Waals surface area contributed by atoms with Gasteiger partial charge in [0.25, 0.3) is 0 Å². The maximum Gasteiger partial charge on any atom is 0.0344 e. The van der Waals surface area contributed by atoms with Crippen molar-refractivity contribution >= 4 is 11.6 Å². The van der Waals surface area contributed by atoms with Crippen molar-refractivity contribution in [2.75, 3.05) is 0 Å². The highest BCUT2D eigenvalue weighted by Gasteiger charge is 2.35. The molecule has 16 heavy (non-hydrogen) atoms. The molecule has 0 bridgehead atoms. The van der Waals surface area contributed by atoms with Crippen LogP contribution in [0.25, 0.3) is 0 Å². The number of benzene rings is 1. The largest absolute Gasteiger partial charge is 0.123 e. The molecular weight excluding hydrogens is 216 g/mol. The molecule has 0 radical (unpaired) electrons. The monoisotopic (exact) mass is 236 g/mol. The molecule has 1 heteroatoms. The molecule has 88 valence electrons. The van der Waals surface area contributed by atoms with Gasteiger partial charge in [-0.3, -0.25) is 0 Å². The average Bonchev–Trinajstić information content (AvgIpc) is 2.60. The van der Waals surface area contributed by atoms with Crippen LogP contribution in [0.2, 0.25) is 0 Å². The third-order valence-electron chi connectivity index (χ3n) is 3.96. The molecule has 2 rings (SSSR count). The molecule has 0 saturated heterocycles. The molecule has 2 unspecified atom stereocenters. The molecule has 1 aliphatic rings. The van der Waals surface area contributed by atoms with Crippen LogP contribution in [0.1, 0.15) is 57.1 Å². The van der Waals surface area contributed by atoms with Gasteiger partial charge in [0.1, 0.15) is 0 Å². The fraction of sp³-hybridized carbons (Fsp3) is 0.600. The van der Waals surface area contributed by atoms with Crippen molar-refractivity contribution in [2.45, 2.75) is 56.7 Å². The summed E-state index contributed by atoms with van der Waals surface area (Å²) in [7, 11) is 0. The molecule has 0 aliphatic heterocycles. The van der Waals surface area contributed by atoms with Crippen molar-refractivity contribution in [3.63, 3.8) is 0 Å². The van der Waals surface area contributed by atoms with Gasteiger partial charge < -0.3 is 0 Å². The van der Waals surface area contributed by atoms with Crippen molar-refractivity contribution in [1.29, 1.82) is 0 Å². The summed E-state index contributed by atoms with van der Waals surface area (Å²) >= 11 is 6.23. The summed E-state index contributed by atoms with van der Waals surface area (Å²) in [5.74, 6) is 0.617. The molecular formula is C15H21Cl. The minimum Gasteiger partial charge on any atom is -0.123 e.